The molecule has 0 radical (unpaired) electrons. The molecule has 1 amide bonds. The van der Waals surface area contributed by atoms with Crippen molar-refractivity contribution < 1.29 is 17.9 Å². The third kappa shape index (κ3) is 3.91. The molecule has 9 heteroatoms. The van der Waals surface area contributed by atoms with Crippen molar-refractivity contribution in [1.82, 2.24) is 4.90 Å². The number of ether oxygens (including phenoxy) is 1. The molecule has 1 fully saturated rings. The molecule has 0 saturated carbocycles. The molecule has 25 heavy (non-hydrogen) atoms. The quantitative estimate of drug-likeness (QED) is 0.834. The predicted molar refractivity (Wildman–Crippen MR) is 98.3 cm³/mol. The Morgan fingerprint density at radius 2 is 1.96 bits per heavy atom. The van der Waals surface area contributed by atoms with Crippen LogP contribution in [0.3, 0.4) is 0 Å². The van der Waals surface area contributed by atoms with E-state index in [-0.39, 0.29) is 10.1 Å². The number of rotatable bonds is 5. The van der Waals surface area contributed by atoms with Crippen LogP contribution < -0.4 is 9.46 Å². The molecule has 6 nitrogen and oxygen atoms in total. The second kappa shape index (κ2) is 7.23. The van der Waals surface area contributed by atoms with Crippen molar-refractivity contribution in [3.05, 3.63) is 40.2 Å². The minimum atomic E-state index is -3.79. The molecule has 1 N–H and O–H groups in total. The predicted octanol–water partition coefficient (Wildman–Crippen LogP) is 3.45. The molecule has 0 aliphatic carbocycles. The van der Waals surface area contributed by atoms with Crippen LogP contribution in [0.2, 0.25) is 5.02 Å². The number of hydrogen-bond donors (Lipinski definition) is 1. The summed E-state index contributed by atoms with van der Waals surface area (Å²) >= 11 is 6.98. The number of hydrogen-bond acceptors (Lipinski definition) is 5. The summed E-state index contributed by atoms with van der Waals surface area (Å²) in [6.45, 7) is 1.45. The van der Waals surface area contributed by atoms with Gasteiger partial charge in [0, 0.05) is 13.1 Å². The van der Waals surface area contributed by atoms with Crippen molar-refractivity contribution in [1.29, 1.82) is 0 Å². The third-order valence-corrected chi connectivity index (χ3v) is 7.10. The Morgan fingerprint density at radius 1 is 1.24 bits per heavy atom. The number of carbonyl (C=O) groups is 1. The number of amides is 1. The molecule has 0 unspecified atom stereocenters. The second-order valence-electron chi connectivity index (χ2n) is 5.57. The highest BCUT2D eigenvalue weighted by Crippen LogP contribution is 2.30. The fourth-order valence-electron chi connectivity index (χ4n) is 2.59. The first-order valence-electron chi connectivity index (χ1n) is 7.66. The maximum absolute atomic E-state index is 12.5. The van der Waals surface area contributed by atoms with Crippen LogP contribution in [-0.2, 0) is 10.0 Å². The molecule has 3 rings (SSSR count). The van der Waals surface area contributed by atoms with Gasteiger partial charge in [-0.05, 0) is 43.2 Å². The van der Waals surface area contributed by atoms with E-state index in [1.807, 2.05) is 0 Å². The van der Waals surface area contributed by atoms with Gasteiger partial charge in [-0.1, -0.05) is 11.6 Å². The summed E-state index contributed by atoms with van der Waals surface area (Å²) in [6, 6.07) is 7.62. The standard InChI is InChI=1S/C16H17ClN2O4S2/c1-23-13-5-4-11(10-12(13)17)18-25(21,22)15-7-6-14(24-15)16(20)19-8-2-3-9-19/h4-7,10,18H,2-3,8-9H2,1H3. The van der Waals surface area contributed by atoms with Crippen LogP contribution in [0.1, 0.15) is 22.5 Å². The fraction of sp³-hybridized carbons (Fsp3) is 0.312. The molecule has 0 spiro atoms. The van der Waals surface area contributed by atoms with Crippen LogP contribution in [0, 0.1) is 0 Å². The number of halogens is 1. The van der Waals surface area contributed by atoms with E-state index in [0.29, 0.717) is 21.3 Å². The van der Waals surface area contributed by atoms with E-state index >= 15 is 0 Å². The van der Waals surface area contributed by atoms with Crippen LogP contribution >= 0.6 is 22.9 Å². The van der Waals surface area contributed by atoms with E-state index in [9.17, 15) is 13.2 Å². The van der Waals surface area contributed by atoms with Crippen LogP contribution in [0.5, 0.6) is 5.75 Å². The first kappa shape index (κ1) is 18.0. The molecule has 1 aliphatic rings. The molecular weight excluding hydrogens is 384 g/mol. The smallest absolute Gasteiger partial charge is 0.271 e. The van der Waals surface area contributed by atoms with Crippen LogP contribution in [0.15, 0.2) is 34.5 Å². The van der Waals surface area contributed by atoms with Crippen molar-refractivity contribution >= 4 is 44.6 Å². The van der Waals surface area contributed by atoms with Gasteiger partial charge in [0.1, 0.15) is 9.96 Å². The molecule has 0 bridgehead atoms. The summed E-state index contributed by atoms with van der Waals surface area (Å²) in [7, 11) is -2.31. The first-order valence-corrected chi connectivity index (χ1v) is 10.3. The van der Waals surface area contributed by atoms with Gasteiger partial charge in [-0.15, -0.1) is 11.3 Å². The van der Waals surface area contributed by atoms with E-state index in [4.69, 9.17) is 16.3 Å². The topological polar surface area (TPSA) is 75.7 Å². The molecular formula is C16H17ClN2O4S2. The lowest BCUT2D eigenvalue weighted by molar-refractivity contribution is 0.0797. The second-order valence-corrected chi connectivity index (χ2v) is 8.97. The van der Waals surface area contributed by atoms with Gasteiger partial charge in [0.25, 0.3) is 15.9 Å². The maximum Gasteiger partial charge on any atom is 0.271 e. The molecule has 0 atom stereocenters. The summed E-state index contributed by atoms with van der Waals surface area (Å²) in [6.07, 6.45) is 1.98. The summed E-state index contributed by atoms with van der Waals surface area (Å²) in [5.74, 6) is 0.343. The van der Waals surface area contributed by atoms with E-state index < -0.39 is 10.0 Å². The summed E-state index contributed by atoms with van der Waals surface area (Å²) < 4.78 is 32.6. The summed E-state index contributed by atoms with van der Waals surface area (Å²) in [5.41, 5.74) is 0.326. The Hall–Kier alpha value is -1.77. The minimum Gasteiger partial charge on any atom is -0.495 e. The monoisotopic (exact) mass is 400 g/mol. The molecule has 2 aromatic rings. The van der Waals surface area contributed by atoms with Gasteiger partial charge in [0.2, 0.25) is 0 Å². The normalized spacial score (nSPS) is 14.6. The number of carbonyl (C=O) groups excluding carboxylic acids is 1. The average Bonchev–Trinajstić information content (AvgIpc) is 3.26. The molecule has 134 valence electrons. The van der Waals surface area contributed by atoms with Crippen molar-refractivity contribution in [2.45, 2.75) is 17.1 Å². The zero-order chi connectivity index (χ0) is 18.0. The van der Waals surface area contributed by atoms with E-state index in [2.05, 4.69) is 4.72 Å². The van der Waals surface area contributed by atoms with Gasteiger partial charge in [0.15, 0.2) is 0 Å². The summed E-state index contributed by atoms with van der Waals surface area (Å²) in [4.78, 5) is 14.5. The highest BCUT2D eigenvalue weighted by Gasteiger charge is 2.24. The highest BCUT2D eigenvalue weighted by atomic mass is 35.5. The van der Waals surface area contributed by atoms with Crippen molar-refractivity contribution in [2.75, 3.05) is 24.9 Å². The molecule has 1 saturated heterocycles. The number of methoxy groups -OCH3 is 1. The molecule has 1 aromatic carbocycles. The van der Waals surface area contributed by atoms with Crippen molar-refractivity contribution in [2.24, 2.45) is 0 Å². The molecule has 1 aliphatic heterocycles. The zero-order valence-corrected chi connectivity index (χ0v) is 15.9. The minimum absolute atomic E-state index is 0.0852. The highest BCUT2D eigenvalue weighted by molar-refractivity contribution is 7.94. The Labute approximate surface area is 155 Å². The van der Waals surface area contributed by atoms with E-state index in [0.717, 1.165) is 37.3 Å². The Morgan fingerprint density at radius 3 is 2.60 bits per heavy atom. The number of thiophene rings is 1. The fourth-order valence-corrected chi connectivity index (χ4v) is 5.17. The Bertz CT molecular complexity index is 889. The SMILES string of the molecule is COc1ccc(NS(=O)(=O)c2ccc(C(=O)N3CCCC3)s2)cc1Cl. The van der Waals surface area contributed by atoms with E-state index in [1.165, 1.54) is 19.2 Å². The maximum atomic E-state index is 12.5. The number of likely N-dealkylation sites (tertiary alicyclic amines) is 1. The van der Waals surface area contributed by atoms with Crippen LogP contribution in [0.25, 0.3) is 0 Å². The van der Waals surface area contributed by atoms with Gasteiger partial charge in [-0.2, -0.15) is 0 Å². The van der Waals surface area contributed by atoms with Crippen molar-refractivity contribution in [3.63, 3.8) is 0 Å². The van der Waals surface area contributed by atoms with Crippen molar-refractivity contribution in [3.8, 4) is 5.75 Å². The molecule has 1 aromatic heterocycles. The zero-order valence-electron chi connectivity index (χ0n) is 13.5. The lowest BCUT2D eigenvalue weighted by atomic mass is 10.3. The van der Waals surface area contributed by atoms with Crippen LogP contribution in [-0.4, -0.2) is 39.4 Å². The van der Waals surface area contributed by atoms with E-state index in [1.54, 1.807) is 23.1 Å². The van der Waals surface area contributed by atoms with Gasteiger partial charge < -0.3 is 9.64 Å². The lowest BCUT2D eigenvalue weighted by Crippen LogP contribution is -2.26. The first-order chi connectivity index (χ1) is 11.9. The number of benzene rings is 1. The van der Waals surface area contributed by atoms with Gasteiger partial charge in [-0.25, -0.2) is 8.42 Å². The number of anilines is 1. The largest absolute Gasteiger partial charge is 0.495 e. The number of nitrogens with one attached hydrogen (secondary N) is 1. The third-order valence-electron chi connectivity index (χ3n) is 3.85. The average molecular weight is 401 g/mol. The van der Waals surface area contributed by atoms with Gasteiger partial charge in [0.05, 0.1) is 22.7 Å². The number of sulfonamides is 1. The Balaban J connectivity index is 1.78. The van der Waals surface area contributed by atoms with Gasteiger partial charge >= 0.3 is 0 Å². The Kier molecular flexibility index (Phi) is 5.21. The number of nitrogens with zero attached hydrogens (tertiary/aromatic N) is 1. The lowest BCUT2D eigenvalue weighted by Gasteiger charge is -2.13. The summed E-state index contributed by atoms with van der Waals surface area (Å²) in [5, 5.41) is 0.304. The van der Waals surface area contributed by atoms with Crippen LogP contribution in [0.4, 0.5) is 5.69 Å². The molecule has 2 heterocycles. The van der Waals surface area contributed by atoms with Gasteiger partial charge in [-0.3, -0.25) is 9.52 Å².